The molecule has 0 bridgehead atoms. The summed E-state index contributed by atoms with van der Waals surface area (Å²) in [5.41, 5.74) is 6.78. The third-order valence-electron chi connectivity index (χ3n) is 3.57. The van der Waals surface area contributed by atoms with Crippen molar-refractivity contribution in [1.29, 1.82) is 0 Å². The Bertz CT molecular complexity index is 354. The zero-order chi connectivity index (χ0) is 14.1. The molecule has 1 aromatic rings. The van der Waals surface area contributed by atoms with Crippen LogP contribution in [0.25, 0.3) is 0 Å². The second-order valence-electron chi connectivity index (χ2n) is 5.07. The second-order valence-corrected chi connectivity index (χ2v) is 5.07. The summed E-state index contributed by atoms with van der Waals surface area (Å²) in [6.45, 7) is 11.2. The lowest BCUT2D eigenvalue weighted by Crippen LogP contribution is -2.32. The zero-order valence-corrected chi connectivity index (χ0v) is 12.6. The average Bonchev–Trinajstić information content (AvgIpc) is 2.46. The summed E-state index contributed by atoms with van der Waals surface area (Å²) in [5, 5.41) is 0. The van der Waals surface area contributed by atoms with Crippen molar-refractivity contribution in [2.75, 3.05) is 26.2 Å². The van der Waals surface area contributed by atoms with Crippen LogP contribution >= 0.6 is 0 Å². The number of hydrogen-bond donors (Lipinski definition) is 1. The molecule has 0 aromatic heterocycles. The van der Waals surface area contributed by atoms with Crippen LogP contribution in [0.2, 0.25) is 0 Å². The van der Waals surface area contributed by atoms with Crippen LogP contribution in [0.3, 0.4) is 0 Å². The van der Waals surface area contributed by atoms with Crippen LogP contribution in [0, 0.1) is 5.92 Å². The molecular formula is C16H28N2O. The van der Waals surface area contributed by atoms with Gasteiger partial charge in [-0.2, -0.15) is 0 Å². The lowest BCUT2D eigenvalue weighted by atomic mass is 10.1. The molecular weight excluding hydrogens is 236 g/mol. The molecule has 0 aliphatic carbocycles. The van der Waals surface area contributed by atoms with Gasteiger partial charge in [-0.1, -0.05) is 45.4 Å². The predicted octanol–water partition coefficient (Wildman–Crippen LogP) is 2.89. The van der Waals surface area contributed by atoms with Crippen LogP contribution in [-0.4, -0.2) is 31.1 Å². The molecule has 2 N–H and O–H groups in total. The van der Waals surface area contributed by atoms with E-state index in [1.807, 2.05) is 24.3 Å². The Labute approximate surface area is 117 Å². The number of nitrogens with two attached hydrogens (primary N) is 1. The van der Waals surface area contributed by atoms with Crippen LogP contribution in [0.5, 0.6) is 5.75 Å². The van der Waals surface area contributed by atoms with E-state index >= 15 is 0 Å². The van der Waals surface area contributed by atoms with E-state index in [-0.39, 0.29) is 0 Å². The Morgan fingerprint density at radius 1 is 1.26 bits per heavy atom. The zero-order valence-electron chi connectivity index (χ0n) is 12.6. The third kappa shape index (κ3) is 5.62. The Morgan fingerprint density at radius 3 is 2.63 bits per heavy atom. The molecule has 3 nitrogen and oxygen atoms in total. The van der Waals surface area contributed by atoms with Crippen molar-refractivity contribution in [2.45, 2.75) is 33.7 Å². The molecule has 0 radical (unpaired) electrons. The molecule has 1 unspecified atom stereocenters. The van der Waals surface area contributed by atoms with E-state index in [9.17, 15) is 0 Å². The van der Waals surface area contributed by atoms with Gasteiger partial charge in [-0.25, -0.2) is 0 Å². The maximum atomic E-state index is 5.85. The highest BCUT2D eigenvalue weighted by Gasteiger charge is 2.08. The normalized spacial score (nSPS) is 12.7. The van der Waals surface area contributed by atoms with E-state index < -0.39 is 0 Å². The number of hydrogen-bond acceptors (Lipinski definition) is 3. The van der Waals surface area contributed by atoms with E-state index in [1.54, 1.807) is 0 Å². The molecule has 3 heteroatoms. The van der Waals surface area contributed by atoms with Crippen molar-refractivity contribution in [3.05, 3.63) is 29.8 Å². The lowest BCUT2D eigenvalue weighted by Gasteiger charge is -2.23. The van der Waals surface area contributed by atoms with Crippen molar-refractivity contribution in [1.82, 2.24) is 4.90 Å². The largest absolute Gasteiger partial charge is 0.492 e. The minimum atomic E-state index is 0.528. The van der Waals surface area contributed by atoms with Crippen LogP contribution in [0.4, 0.5) is 0 Å². The van der Waals surface area contributed by atoms with E-state index in [2.05, 4.69) is 25.7 Å². The minimum Gasteiger partial charge on any atom is -0.492 e. The monoisotopic (exact) mass is 264 g/mol. The van der Waals surface area contributed by atoms with E-state index in [0.29, 0.717) is 6.54 Å². The number of para-hydroxylation sites is 1. The lowest BCUT2D eigenvalue weighted by molar-refractivity contribution is 0.194. The van der Waals surface area contributed by atoms with Gasteiger partial charge in [0.1, 0.15) is 12.4 Å². The topological polar surface area (TPSA) is 38.5 Å². The van der Waals surface area contributed by atoms with Gasteiger partial charge in [-0.3, -0.25) is 4.90 Å². The van der Waals surface area contributed by atoms with Gasteiger partial charge in [0.15, 0.2) is 0 Å². The molecule has 0 spiro atoms. The van der Waals surface area contributed by atoms with Crippen molar-refractivity contribution in [3.63, 3.8) is 0 Å². The summed E-state index contributed by atoms with van der Waals surface area (Å²) >= 11 is 0. The first kappa shape index (κ1) is 16.0. The van der Waals surface area contributed by atoms with Crippen molar-refractivity contribution in [3.8, 4) is 5.75 Å². The van der Waals surface area contributed by atoms with E-state index in [1.165, 1.54) is 6.42 Å². The van der Waals surface area contributed by atoms with Crippen molar-refractivity contribution < 1.29 is 4.74 Å². The maximum absolute atomic E-state index is 5.85. The van der Waals surface area contributed by atoms with E-state index in [0.717, 1.165) is 43.5 Å². The Kier molecular flexibility index (Phi) is 7.53. The molecule has 19 heavy (non-hydrogen) atoms. The molecule has 1 atom stereocenters. The number of ether oxygens (including phenoxy) is 1. The van der Waals surface area contributed by atoms with Gasteiger partial charge in [-0.05, 0) is 18.5 Å². The molecule has 108 valence electrons. The number of rotatable bonds is 9. The van der Waals surface area contributed by atoms with Gasteiger partial charge in [0.25, 0.3) is 0 Å². The predicted molar refractivity (Wildman–Crippen MR) is 81.4 cm³/mol. The van der Waals surface area contributed by atoms with Crippen LogP contribution in [-0.2, 0) is 6.54 Å². The number of nitrogens with zero attached hydrogens (tertiary/aromatic N) is 1. The van der Waals surface area contributed by atoms with Crippen LogP contribution in [0.1, 0.15) is 32.8 Å². The van der Waals surface area contributed by atoms with Gasteiger partial charge >= 0.3 is 0 Å². The highest BCUT2D eigenvalue weighted by Crippen LogP contribution is 2.17. The average molecular weight is 264 g/mol. The Morgan fingerprint density at radius 2 is 2.00 bits per heavy atom. The van der Waals surface area contributed by atoms with Crippen LogP contribution in [0.15, 0.2) is 24.3 Å². The Hall–Kier alpha value is -1.06. The molecule has 0 fully saturated rings. The second kappa shape index (κ2) is 8.94. The van der Waals surface area contributed by atoms with Gasteiger partial charge in [-0.15, -0.1) is 0 Å². The number of likely N-dealkylation sites (N-methyl/N-ethyl adjacent to an activating group) is 1. The highest BCUT2D eigenvalue weighted by molar-refractivity contribution is 5.32. The molecule has 0 heterocycles. The molecule has 0 aliphatic rings. The van der Waals surface area contributed by atoms with Gasteiger partial charge in [0.2, 0.25) is 0 Å². The van der Waals surface area contributed by atoms with Gasteiger partial charge in [0.05, 0.1) is 0 Å². The fourth-order valence-electron chi connectivity index (χ4n) is 2.05. The summed E-state index contributed by atoms with van der Waals surface area (Å²) in [7, 11) is 0. The third-order valence-corrected chi connectivity index (χ3v) is 3.57. The summed E-state index contributed by atoms with van der Waals surface area (Å²) in [6, 6.07) is 8.00. The van der Waals surface area contributed by atoms with Crippen molar-refractivity contribution in [2.24, 2.45) is 11.7 Å². The van der Waals surface area contributed by atoms with Gasteiger partial charge < -0.3 is 10.5 Å². The fourth-order valence-corrected chi connectivity index (χ4v) is 2.05. The molecule has 0 saturated heterocycles. The SMILES string of the molecule is CCC(C)CN(CC)CCOc1ccccc1CN. The summed E-state index contributed by atoms with van der Waals surface area (Å²) in [6.07, 6.45) is 1.23. The minimum absolute atomic E-state index is 0.528. The smallest absolute Gasteiger partial charge is 0.123 e. The Balaban J connectivity index is 2.39. The van der Waals surface area contributed by atoms with E-state index in [4.69, 9.17) is 10.5 Å². The fraction of sp³-hybridized carbons (Fsp3) is 0.625. The first-order valence-corrected chi connectivity index (χ1v) is 7.34. The maximum Gasteiger partial charge on any atom is 0.123 e. The first-order valence-electron chi connectivity index (χ1n) is 7.34. The molecule has 0 aliphatic heterocycles. The highest BCUT2D eigenvalue weighted by atomic mass is 16.5. The molecule has 1 aromatic carbocycles. The summed E-state index contributed by atoms with van der Waals surface area (Å²) in [5.74, 6) is 1.67. The molecule has 1 rings (SSSR count). The van der Waals surface area contributed by atoms with Gasteiger partial charge in [0, 0.05) is 25.2 Å². The van der Waals surface area contributed by atoms with Crippen molar-refractivity contribution >= 4 is 0 Å². The summed E-state index contributed by atoms with van der Waals surface area (Å²) in [4.78, 5) is 2.44. The number of benzene rings is 1. The molecule has 0 saturated carbocycles. The summed E-state index contributed by atoms with van der Waals surface area (Å²) < 4.78 is 5.85. The quantitative estimate of drug-likeness (QED) is 0.745. The van der Waals surface area contributed by atoms with Crippen LogP contribution < -0.4 is 10.5 Å². The standard InChI is InChI=1S/C16H28N2O/c1-4-14(3)13-18(5-2)10-11-19-16-9-7-6-8-15(16)12-17/h6-9,14H,4-5,10-13,17H2,1-3H3. The molecule has 0 amide bonds. The first-order chi connectivity index (χ1) is 9.21.